The molecule has 0 saturated heterocycles. The summed E-state index contributed by atoms with van der Waals surface area (Å²) in [6, 6.07) is 13.6. The lowest BCUT2D eigenvalue weighted by Gasteiger charge is -2.12. The first-order valence-corrected chi connectivity index (χ1v) is 9.88. The Bertz CT molecular complexity index is 1050. The molecule has 156 valence electrons. The van der Waals surface area contributed by atoms with E-state index in [1.807, 2.05) is 67.9 Å². The van der Waals surface area contributed by atoms with E-state index >= 15 is 0 Å². The van der Waals surface area contributed by atoms with Gasteiger partial charge in [-0.25, -0.2) is 0 Å². The van der Waals surface area contributed by atoms with Crippen LogP contribution in [0.3, 0.4) is 0 Å². The molecule has 6 nitrogen and oxygen atoms in total. The van der Waals surface area contributed by atoms with E-state index < -0.39 is 0 Å². The van der Waals surface area contributed by atoms with Crippen LogP contribution in [0.5, 0.6) is 11.5 Å². The molecule has 2 aromatic carbocycles. The highest BCUT2D eigenvalue weighted by Crippen LogP contribution is 2.24. The zero-order chi connectivity index (χ0) is 21.5. The van der Waals surface area contributed by atoms with Gasteiger partial charge in [0.05, 0.1) is 24.7 Å². The molecule has 0 aliphatic carbocycles. The molecule has 3 aromatic rings. The van der Waals surface area contributed by atoms with Gasteiger partial charge in [0.25, 0.3) is 0 Å². The van der Waals surface area contributed by atoms with Gasteiger partial charge in [0, 0.05) is 18.2 Å². The molecule has 6 heteroatoms. The van der Waals surface area contributed by atoms with Crippen LogP contribution in [0.2, 0.25) is 0 Å². The average molecular weight is 405 g/mol. The van der Waals surface area contributed by atoms with Crippen molar-refractivity contribution in [1.82, 2.24) is 9.78 Å². The largest absolute Gasteiger partial charge is 0.496 e. The number of hydrogen-bond acceptors (Lipinski definition) is 4. The van der Waals surface area contributed by atoms with Crippen molar-refractivity contribution >= 4 is 17.7 Å². The Hall–Kier alpha value is -3.54. The van der Waals surface area contributed by atoms with E-state index in [0.717, 1.165) is 40.4 Å². The van der Waals surface area contributed by atoms with Gasteiger partial charge < -0.3 is 14.8 Å². The van der Waals surface area contributed by atoms with E-state index in [-0.39, 0.29) is 5.91 Å². The second kappa shape index (κ2) is 9.78. The number of benzene rings is 2. The lowest BCUT2D eigenvalue weighted by Crippen LogP contribution is -2.09. The number of hydrogen-bond donors (Lipinski definition) is 1. The molecular formula is C24H27N3O3. The number of rotatable bonds is 8. The van der Waals surface area contributed by atoms with Crippen LogP contribution in [0.1, 0.15) is 29.3 Å². The first-order chi connectivity index (χ1) is 14.5. The molecule has 3 rings (SSSR count). The number of nitrogens with one attached hydrogen (secondary N) is 1. The summed E-state index contributed by atoms with van der Waals surface area (Å²) in [6.45, 7) is 7.08. The molecule has 0 aliphatic rings. The van der Waals surface area contributed by atoms with Gasteiger partial charge in [-0.05, 0) is 56.2 Å². The highest BCUT2D eigenvalue weighted by atomic mass is 16.5. The number of aromatic nitrogens is 2. The summed E-state index contributed by atoms with van der Waals surface area (Å²) in [5.74, 6) is 1.37. The first-order valence-electron chi connectivity index (χ1n) is 9.88. The van der Waals surface area contributed by atoms with E-state index in [0.29, 0.717) is 12.3 Å². The third-order valence-electron chi connectivity index (χ3n) is 4.87. The zero-order valence-corrected chi connectivity index (χ0v) is 17.8. The molecule has 30 heavy (non-hydrogen) atoms. The van der Waals surface area contributed by atoms with Gasteiger partial charge in [-0.1, -0.05) is 24.3 Å². The minimum Gasteiger partial charge on any atom is -0.496 e. The Morgan fingerprint density at radius 2 is 1.97 bits per heavy atom. The van der Waals surface area contributed by atoms with Gasteiger partial charge in [-0.3, -0.25) is 9.48 Å². The molecule has 0 unspecified atom stereocenters. The van der Waals surface area contributed by atoms with Crippen LogP contribution >= 0.6 is 0 Å². The number of para-hydroxylation sites is 1. The van der Waals surface area contributed by atoms with E-state index in [1.165, 1.54) is 6.08 Å². The molecule has 0 saturated carbocycles. The number of amides is 1. The predicted octanol–water partition coefficient (Wildman–Crippen LogP) is 4.76. The minimum absolute atomic E-state index is 0.206. The number of methoxy groups -OCH3 is 1. The molecule has 0 radical (unpaired) electrons. The van der Waals surface area contributed by atoms with Crippen molar-refractivity contribution in [2.24, 2.45) is 0 Å². The molecular weight excluding hydrogens is 378 g/mol. The zero-order valence-electron chi connectivity index (χ0n) is 17.8. The molecule has 1 amide bonds. The van der Waals surface area contributed by atoms with Crippen LogP contribution in [-0.2, 0) is 17.9 Å². The Labute approximate surface area is 177 Å². The molecule has 1 N–H and O–H groups in total. The van der Waals surface area contributed by atoms with E-state index in [4.69, 9.17) is 9.47 Å². The van der Waals surface area contributed by atoms with Crippen molar-refractivity contribution in [3.05, 3.63) is 77.1 Å². The third kappa shape index (κ3) is 5.08. The van der Waals surface area contributed by atoms with Gasteiger partial charge in [0.2, 0.25) is 5.91 Å². The monoisotopic (exact) mass is 405 g/mol. The average Bonchev–Trinajstić information content (AvgIpc) is 3.11. The summed E-state index contributed by atoms with van der Waals surface area (Å²) in [5, 5.41) is 7.10. The highest BCUT2D eigenvalue weighted by molar-refractivity contribution is 6.02. The quantitative estimate of drug-likeness (QED) is 0.549. The maximum Gasteiger partial charge on any atom is 0.248 e. The fraction of sp³-hybridized carbons (Fsp3) is 0.250. The minimum atomic E-state index is -0.206. The Morgan fingerprint density at radius 3 is 2.67 bits per heavy atom. The Kier molecular flexibility index (Phi) is 6.91. The summed E-state index contributed by atoms with van der Waals surface area (Å²) < 4.78 is 13.3. The first kappa shape index (κ1) is 21.2. The van der Waals surface area contributed by atoms with E-state index in [9.17, 15) is 4.79 Å². The van der Waals surface area contributed by atoms with Crippen LogP contribution in [0.4, 0.5) is 5.69 Å². The molecule has 0 spiro atoms. The second-order valence-corrected chi connectivity index (χ2v) is 6.91. The van der Waals surface area contributed by atoms with E-state index in [2.05, 4.69) is 10.4 Å². The van der Waals surface area contributed by atoms with Gasteiger partial charge in [0.15, 0.2) is 0 Å². The van der Waals surface area contributed by atoms with Crippen molar-refractivity contribution in [2.45, 2.75) is 33.9 Å². The number of nitrogens with zero attached hydrogens (tertiary/aromatic N) is 2. The lowest BCUT2D eigenvalue weighted by atomic mass is 10.1. The van der Waals surface area contributed by atoms with Crippen LogP contribution in [0.15, 0.2) is 54.7 Å². The second-order valence-electron chi connectivity index (χ2n) is 6.91. The molecule has 1 aromatic heterocycles. The maximum absolute atomic E-state index is 12.3. The standard InChI is InChI=1S/C24H27N3O3/c1-5-27-18(3)21(15-25-27)26-24(28)13-11-19-10-12-23(29-4)20(14-19)16-30-22-9-7-6-8-17(22)2/h6-15H,5,16H2,1-4H3,(H,26,28)/b13-11+. The van der Waals surface area contributed by atoms with Crippen molar-refractivity contribution in [1.29, 1.82) is 0 Å². The summed E-state index contributed by atoms with van der Waals surface area (Å²) in [7, 11) is 1.63. The number of aryl methyl sites for hydroxylation is 2. The Morgan fingerprint density at radius 1 is 1.17 bits per heavy atom. The van der Waals surface area contributed by atoms with Crippen molar-refractivity contribution in [3.63, 3.8) is 0 Å². The van der Waals surface area contributed by atoms with Gasteiger partial charge in [0.1, 0.15) is 18.1 Å². The maximum atomic E-state index is 12.3. The van der Waals surface area contributed by atoms with Gasteiger partial charge in [-0.15, -0.1) is 0 Å². The van der Waals surface area contributed by atoms with Crippen LogP contribution < -0.4 is 14.8 Å². The van der Waals surface area contributed by atoms with Crippen molar-refractivity contribution in [2.75, 3.05) is 12.4 Å². The van der Waals surface area contributed by atoms with Crippen LogP contribution in [-0.4, -0.2) is 22.8 Å². The highest BCUT2D eigenvalue weighted by Gasteiger charge is 2.08. The number of ether oxygens (including phenoxy) is 2. The third-order valence-corrected chi connectivity index (χ3v) is 4.87. The smallest absolute Gasteiger partial charge is 0.248 e. The summed E-state index contributed by atoms with van der Waals surface area (Å²) >= 11 is 0. The fourth-order valence-corrected chi connectivity index (χ4v) is 3.12. The molecule has 0 bridgehead atoms. The molecule has 0 aliphatic heterocycles. The van der Waals surface area contributed by atoms with E-state index in [1.54, 1.807) is 19.4 Å². The lowest BCUT2D eigenvalue weighted by molar-refractivity contribution is -0.111. The van der Waals surface area contributed by atoms with Crippen LogP contribution in [0.25, 0.3) is 6.08 Å². The molecule has 0 fully saturated rings. The van der Waals surface area contributed by atoms with Crippen LogP contribution in [0, 0.1) is 13.8 Å². The van der Waals surface area contributed by atoms with Crippen molar-refractivity contribution in [3.8, 4) is 11.5 Å². The summed E-state index contributed by atoms with van der Waals surface area (Å²) in [6.07, 6.45) is 4.95. The fourth-order valence-electron chi connectivity index (χ4n) is 3.12. The van der Waals surface area contributed by atoms with Crippen molar-refractivity contribution < 1.29 is 14.3 Å². The normalized spacial score (nSPS) is 10.9. The molecule has 1 heterocycles. The Balaban J connectivity index is 1.69. The van der Waals surface area contributed by atoms with Gasteiger partial charge in [-0.2, -0.15) is 5.10 Å². The topological polar surface area (TPSA) is 65.4 Å². The molecule has 0 atom stereocenters. The number of carbonyl (C=O) groups excluding carboxylic acids is 1. The summed E-state index contributed by atoms with van der Waals surface area (Å²) in [5.41, 5.74) is 4.51. The SMILES string of the molecule is CCn1ncc(NC(=O)/C=C/c2ccc(OC)c(COc3ccccc3C)c2)c1C. The predicted molar refractivity (Wildman–Crippen MR) is 119 cm³/mol. The number of carbonyl (C=O) groups is 1. The summed E-state index contributed by atoms with van der Waals surface area (Å²) in [4.78, 5) is 12.3. The van der Waals surface area contributed by atoms with Gasteiger partial charge >= 0.3 is 0 Å². The number of anilines is 1.